The molecule has 0 radical (unpaired) electrons. The fourth-order valence-electron chi connectivity index (χ4n) is 3.41. The van der Waals surface area contributed by atoms with Crippen LogP contribution in [0.2, 0.25) is 0 Å². The summed E-state index contributed by atoms with van der Waals surface area (Å²) in [6.45, 7) is -1.75. The summed E-state index contributed by atoms with van der Waals surface area (Å²) in [5.74, 6) is -16.2. The number of benzene rings is 4. The number of esters is 2. The summed E-state index contributed by atoms with van der Waals surface area (Å²) in [4.78, 5) is 24.4. The fraction of sp³-hybridized carbons (Fsp3) is 0.0714. The predicted octanol–water partition coefficient (Wildman–Crippen LogP) is 7.71. The third-order valence-corrected chi connectivity index (χ3v) is 5.25. The number of carbonyl (C=O) groups excluding carboxylic acids is 2. The van der Waals surface area contributed by atoms with Gasteiger partial charge in [-0.3, -0.25) is 0 Å². The minimum absolute atomic E-state index is 0.0821. The summed E-state index contributed by atoms with van der Waals surface area (Å²) >= 11 is 0. The molecule has 0 heterocycles. The van der Waals surface area contributed by atoms with Crippen molar-refractivity contribution < 1.29 is 63.0 Å². The quantitative estimate of drug-likeness (QED) is 0.0980. The summed E-state index contributed by atoms with van der Waals surface area (Å²) in [5, 5.41) is 0. The average molecular weight is 604 g/mol. The average Bonchev–Trinajstić information content (AvgIpc) is 2.90. The van der Waals surface area contributed by atoms with Crippen LogP contribution in [0.15, 0.2) is 60.7 Å². The Labute approximate surface area is 229 Å². The summed E-state index contributed by atoms with van der Waals surface area (Å²) in [6, 6.07) is 8.05. The molecule has 0 amide bonds. The van der Waals surface area contributed by atoms with Gasteiger partial charge in [0.25, 0.3) is 0 Å². The van der Waals surface area contributed by atoms with Crippen LogP contribution < -0.4 is 9.47 Å². The Morgan fingerprint density at radius 1 is 0.500 bits per heavy atom. The molecule has 0 aliphatic heterocycles. The zero-order chi connectivity index (χ0) is 31.1. The lowest BCUT2D eigenvalue weighted by molar-refractivity contribution is 0.0718. The van der Waals surface area contributed by atoms with Crippen LogP contribution in [0.5, 0.6) is 11.5 Å². The second-order valence-corrected chi connectivity index (χ2v) is 8.09. The Kier molecular flexibility index (Phi) is 10.3. The molecule has 14 heteroatoms. The molecule has 0 saturated heterocycles. The highest BCUT2D eigenvalue weighted by Crippen LogP contribution is 2.24. The maximum Gasteiger partial charge on any atom is 0.346 e. The molecular formula is C28H14F10O4. The molecule has 0 fully saturated rings. The first kappa shape index (κ1) is 31.6. The van der Waals surface area contributed by atoms with Crippen molar-refractivity contribution in [3.63, 3.8) is 0 Å². The number of hydrogen-bond donors (Lipinski definition) is 0. The van der Waals surface area contributed by atoms with Crippen molar-refractivity contribution in [1.29, 1.82) is 0 Å². The maximum atomic E-state index is 14.5. The second kappa shape index (κ2) is 13.7. The van der Waals surface area contributed by atoms with Crippen LogP contribution in [0, 0.1) is 46.5 Å². The molecule has 4 aromatic carbocycles. The van der Waals surface area contributed by atoms with Gasteiger partial charge in [0.2, 0.25) is 6.93 Å². The molecule has 0 aliphatic carbocycles. The molecule has 0 N–H and O–H groups in total. The monoisotopic (exact) mass is 604 g/mol. The zero-order valence-corrected chi connectivity index (χ0v) is 20.6. The van der Waals surface area contributed by atoms with E-state index in [2.05, 4.69) is 9.47 Å². The zero-order valence-electron chi connectivity index (χ0n) is 20.6. The Balaban J connectivity index is 0.00000155. The van der Waals surface area contributed by atoms with Gasteiger partial charge < -0.3 is 9.47 Å². The largest absolute Gasteiger partial charge is 0.423 e. The van der Waals surface area contributed by atoms with Crippen molar-refractivity contribution in [3.05, 3.63) is 129 Å². The molecule has 42 heavy (non-hydrogen) atoms. The van der Waals surface area contributed by atoms with Gasteiger partial charge in [-0.2, -0.15) is 0 Å². The molecular weight excluding hydrogens is 590 g/mol. The lowest BCUT2D eigenvalue weighted by Gasteiger charge is -2.09. The van der Waals surface area contributed by atoms with E-state index >= 15 is 0 Å². The molecule has 4 rings (SSSR count). The summed E-state index contributed by atoms with van der Waals surface area (Å²) in [5.41, 5.74) is -0.728. The van der Waals surface area contributed by atoms with Gasteiger partial charge in [0.1, 0.15) is 23.1 Å². The van der Waals surface area contributed by atoms with Gasteiger partial charge in [-0.1, -0.05) is 12.1 Å². The maximum absolute atomic E-state index is 14.5. The van der Waals surface area contributed by atoms with Crippen molar-refractivity contribution >= 4 is 11.9 Å². The number of carbonyl (C=O) groups is 2. The number of hydrogen-bond acceptors (Lipinski definition) is 4. The smallest absolute Gasteiger partial charge is 0.346 e. The van der Waals surface area contributed by atoms with Gasteiger partial charge in [0.05, 0.1) is 11.1 Å². The first-order valence-electron chi connectivity index (χ1n) is 11.3. The number of ether oxygens (including phenoxy) is 2. The highest BCUT2D eigenvalue weighted by Gasteiger charge is 2.20. The summed E-state index contributed by atoms with van der Waals surface area (Å²) in [7, 11) is 0. The second-order valence-electron chi connectivity index (χ2n) is 8.09. The molecule has 0 bridgehead atoms. The van der Waals surface area contributed by atoms with Crippen LogP contribution in [0.3, 0.4) is 0 Å². The van der Waals surface area contributed by atoms with Crippen LogP contribution in [0.1, 0.15) is 31.8 Å². The van der Waals surface area contributed by atoms with Crippen LogP contribution in [-0.2, 0) is 6.42 Å². The van der Waals surface area contributed by atoms with Gasteiger partial charge in [0, 0.05) is 24.3 Å². The fourth-order valence-corrected chi connectivity index (χ4v) is 3.41. The van der Waals surface area contributed by atoms with Gasteiger partial charge in [-0.05, 0) is 41.8 Å². The first-order chi connectivity index (χ1) is 19.8. The Bertz CT molecular complexity index is 1480. The van der Waals surface area contributed by atoms with E-state index in [1.165, 1.54) is 12.1 Å². The van der Waals surface area contributed by atoms with E-state index in [0.29, 0.717) is 24.3 Å². The molecule has 0 atom stereocenters. The molecule has 4 aromatic rings. The van der Waals surface area contributed by atoms with Crippen molar-refractivity contribution in [2.75, 3.05) is 6.93 Å². The lowest BCUT2D eigenvalue weighted by atomic mass is 10.0. The minimum atomic E-state index is -1.77. The van der Waals surface area contributed by atoms with Crippen molar-refractivity contribution in [2.24, 2.45) is 0 Å². The van der Waals surface area contributed by atoms with Crippen LogP contribution in [-0.4, -0.2) is 18.9 Å². The summed E-state index contributed by atoms with van der Waals surface area (Å²) < 4.78 is 137. The van der Waals surface area contributed by atoms with Crippen molar-refractivity contribution in [1.82, 2.24) is 0 Å². The molecule has 0 saturated carbocycles. The third kappa shape index (κ3) is 7.65. The standard InChI is InChI=1S/C27H12F8O4.CH2F2/c28-18-6-12(1-3-16(18)26(36)38-14-8-20(30)24(34)21(31)9-14)5-13-2-4-17(19(29)7-13)27(37)39-15-10-22(32)25(35)23(33)11-15;2-1-3/h1-4,6-11H,5H2;1H2. The van der Waals surface area contributed by atoms with E-state index in [4.69, 9.17) is 0 Å². The highest BCUT2D eigenvalue weighted by atomic mass is 19.3. The van der Waals surface area contributed by atoms with E-state index in [-0.39, 0.29) is 17.5 Å². The van der Waals surface area contributed by atoms with Gasteiger partial charge in [-0.25, -0.2) is 53.5 Å². The van der Waals surface area contributed by atoms with E-state index in [1.54, 1.807) is 0 Å². The van der Waals surface area contributed by atoms with Crippen LogP contribution in [0.4, 0.5) is 43.9 Å². The molecule has 0 spiro atoms. The van der Waals surface area contributed by atoms with Gasteiger partial charge in [-0.15, -0.1) is 0 Å². The van der Waals surface area contributed by atoms with E-state index in [1.807, 2.05) is 0 Å². The Hall–Kier alpha value is -4.88. The third-order valence-electron chi connectivity index (χ3n) is 5.25. The molecule has 4 nitrogen and oxygen atoms in total. The normalized spacial score (nSPS) is 10.5. The Morgan fingerprint density at radius 3 is 1.10 bits per heavy atom. The highest BCUT2D eigenvalue weighted by molar-refractivity contribution is 5.92. The molecule has 0 aliphatic rings. The first-order valence-corrected chi connectivity index (χ1v) is 11.3. The molecule has 0 aromatic heterocycles. The number of halogens is 10. The van der Waals surface area contributed by atoms with Crippen molar-refractivity contribution in [2.45, 2.75) is 6.42 Å². The molecule has 220 valence electrons. The van der Waals surface area contributed by atoms with E-state index < -0.39 is 88.0 Å². The lowest BCUT2D eigenvalue weighted by Crippen LogP contribution is -2.12. The SMILES string of the molecule is FCF.O=C(Oc1cc(F)c(F)c(F)c1)c1ccc(Cc2ccc(C(=O)Oc3cc(F)c(F)c(F)c3)c(F)c2)cc1F. The van der Waals surface area contributed by atoms with Crippen LogP contribution >= 0.6 is 0 Å². The van der Waals surface area contributed by atoms with Crippen molar-refractivity contribution in [3.8, 4) is 11.5 Å². The van der Waals surface area contributed by atoms with Crippen LogP contribution in [0.25, 0.3) is 0 Å². The van der Waals surface area contributed by atoms with Gasteiger partial charge >= 0.3 is 11.9 Å². The Morgan fingerprint density at radius 2 is 0.810 bits per heavy atom. The van der Waals surface area contributed by atoms with Gasteiger partial charge in [0.15, 0.2) is 34.9 Å². The van der Waals surface area contributed by atoms with E-state index in [9.17, 15) is 53.5 Å². The van der Waals surface area contributed by atoms with E-state index in [0.717, 1.165) is 24.3 Å². The predicted molar refractivity (Wildman–Crippen MR) is 125 cm³/mol. The number of alkyl halides is 2. The molecule has 0 unspecified atom stereocenters. The topological polar surface area (TPSA) is 52.6 Å². The number of rotatable bonds is 6. The minimum Gasteiger partial charge on any atom is -0.423 e. The summed E-state index contributed by atoms with van der Waals surface area (Å²) in [6.07, 6.45) is -0.0821.